The van der Waals surface area contributed by atoms with Crippen molar-refractivity contribution >= 4 is 21.6 Å². The third kappa shape index (κ3) is 4.46. The molecule has 1 unspecified atom stereocenters. The van der Waals surface area contributed by atoms with Gasteiger partial charge in [0.15, 0.2) is 0 Å². The van der Waals surface area contributed by atoms with Crippen LogP contribution in [0.3, 0.4) is 0 Å². The topological polar surface area (TPSA) is 84.9 Å². The number of carbonyl (C=O) groups is 1. The zero-order valence-corrected chi connectivity index (χ0v) is 15.1. The summed E-state index contributed by atoms with van der Waals surface area (Å²) < 4.78 is 35.4. The number of nitrogens with one attached hydrogen (secondary N) is 1. The van der Waals surface area contributed by atoms with E-state index in [0.29, 0.717) is 44.0 Å². The van der Waals surface area contributed by atoms with E-state index in [4.69, 9.17) is 9.47 Å². The lowest BCUT2D eigenvalue weighted by atomic mass is 10.1. The quantitative estimate of drug-likeness (QED) is 0.696. The first-order chi connectivity index (χ1) is 11.3. The molecule has 0 aliphatic carbocycles. The molecule has 1 aromatic carbocycles. The van der Waals surface area contributed by atoms with E-state index in [9.17, 15) is 13.2 Å². The zero-order chi connectivity index (χ0) is 17.7. The third-order valence-electron chi connectivity index (χ3n) is 3.82. The summed E-state index contributed by atoms with van der Waals surface area (Å²) >= 11 is 0. The largest absolute Gasteiger partial charge is 0.382 e. The molecule has 134 valence electrons. The number of anilines is 1. The van der Waals surface area contributed by atoms with E-state index in [2.05, 4.69) is 5.32 Å². The molecule has 1 aromatic rings. The molecule has 1 N–H and O–H groups in total. The van der Waals surface area contributed by atoms with Crippen molar-refractivity contribution in [1.29, 1.82) is 0 Å². The fraction of sp³-hybridized carbons (Fsp3) is 0.562. The molecule has 0 spiro atoms. The van der Waals surface area contributed by atoms with Crippen LogP contribution < -0.4 is 9.62 Å². The number of fused-ring (bicyclic) bond motifs is 1. The number of nitrogens with zero attached hydrogens (tertiary/aromatic N) is 1. The van der Waals surface area contributed by atoms with Crippen molar-refractivity contribution in [3.05, 3.63) is 29.3 Å². The maximum atomic E-state index is 12.2. The average molecular weight is 356 g/mol. The summed E-state index contributed by atoms with van der Waals surface area (Å²) in [4.78, 5) is 12.2. The van der Waals surface area contributed by atoms with Crippen molar-refractivity contribution in [3.8, 4) is 0 Å². The molecule has 24 heavy (non-hydrogen) atoms. The average Bonchev–Trinajstić information content (AvgIpc) is 2.85. The molecule has 0 bridgehead atoms. The predicted molar refractivity (Wildman–Crippen MR) is 92.0 cm³/mol. The van der Waals surface area contributed by atoms with Crippen LogP contribution in [-0.4, -0.2) is 60.1 Å². The minimum Gasteiger partial charge on any atom is -0.382 e. The van der Waals surface area contributed by atoms with Gasteiger partial charge in [-0.25, -0.2) is 8.42 Å². The maximum absolute atomic E-state index is 12.2. The van der Waals surface area contributed by atoms with Gasteiger partial charge in [-0.3, -0.25) is 9.10 Å². The molecule has 0 saturated heterocycles. The van der Waals surface area contributed by atoms with Crippen LogP contribution in [0.25, 0.3) is 0 Å². The monoisotopic (exact) mass is 356 g/mol. The van der Waals surface area contributed by atoms with Gasteiger partial charge in [0.2, 0.25) is 10.0 Å². The number of amides is 1. The molecule has 1 heterocycles. The molecule has 0 radical (unpaired) electrons. The fourth-order valence-corrected chi connectivity index (χ4v) is 4.10. The van der Waals surface area contributed by atoms with Gasteiger partial charge in [0.05, 0.1) is 31.8 Å². The second-order valence-electron chi connectivity index (χ2n) is 5.82. The number of hydrogen-bond donors (Lipinski definition) is 1. The Kier molecular flexibility index (Phi) is 6.20. The van der Waals surface area contributed by atoms with Crippen LogP contribution in [0.4, 0.5) is 5.69 Å². The van der Waals surface area contributed by atoms with Crippen LogP contribution in [0.5, 0.6) is 0 Å². The van der Waals surface area contributed by atoms with Crippen molar-refractivity contribution in [1.82, 2.24) is 5.32 Å². The highest BCUT2D eigenvalue weighted by molar-refractivity contribution is 7.92. The minimum atomic E-state index is -3.32. The number of benzene rings is 1. The number of rotatable bonds is 8. The summed E-state index contributed by atoms with van der Waals surface area (Å²) in [5, 5.41) is 2.78. The zero-order valence-electron chi connectivity index (χ0n) is 14.2. The normalized spacial score (nSPS) is 17.0. The maximum Gasteiger partial charge on any atom is 0.251 e. The molecule has 1 aliphatic rings. The number of hydrogen-bond acceptors (Lipinski definition) is 5. The predicted octanol–water partition coefficient (Wildman–Crippen LogP) is 0.790. The van der Waals surface area contributed by atoms with Gasteiger partial charge in [0.1, 0.15) is 0 Å². The highest BCUT2D eigenvalue weighted by atomic mass is 32.2. The Morgan fingerprint density at radius 3 is 2.75 bits per heavy atom. The molecule has 1 atom stereocenters. The molecule has 0 saturated carbocycles. The van der Waals surface area contributed by atoms with Crippen LogP contribution >= 0.6 is 0 Å². The second kappa shape index (κ2) is 7.96. The van der Waals surface area contributed by atoms with Crippen molar-refractivity contribution in [2.45, 2.75) is 19.4 Å². The standard InChI is InChI=1S/C16H24N2O5S/c1-12-10-14-11-13(4-5-15(14)18(12)24(3,20)21)16(19)17-6-7-23-9-8-22-2/h4-5,11-12H,6-10H2,1-3H3,(H,17,19). The highest BCUT2D eigenvalue weighted by Crippen LogP contribution is 2.34. The Balaban J connectivity index is 1.97. The summed E-state index contributed by atoms with van der Waals surface area (Å²) in [6, 6.07) is 4.97. The van der Waals surface area contributed by atoms with Gasteiger partial charge in [-0.1, -0.05) is 0 Å². The van der Waals surface area contributed by atoms with Gasteiger partial charge in [-0.2, -0.15) is 0 Å². The van der Waals surface area contributed by atoms with E-state index < -0.39 is 10.0 Å². The molecule has 1 amide bonds. The molecule has 2 rings (SSSR count). The number of sulfonamides is 1. The van der Waals surface area contributed by atoms with Crippen LogP contribution in [-0.2, 0) is 25.9 Å². The van der Waals surface area contributed by atoms with E-state index in [1.165, 1.54) is 10.6 Å². The molecule has 1 aliphatic heterocycles. The molecular weight excluding hydrogens is 332 g/mol. The summed E-state index contributed by atoms with van der Waals surface area (Å²) in [6.07, 6.45) is 1.80. The molecule has 7 nitrogen and oxygen atoms in total. The van der Waals surface area contributed by atoms with Gasteiger partial charge in [0, 0.05) is 25.3 Å². The van der Waals surface area contributed by atoms with E-state index in [1.54, 1.807) is 25.3 Å². The van der Waals surface area contributed by atoms with Gasteiger partial charge >= 0.3 is 0 Å². The lowest BCUT2D eigenvalue weighted by Gasteiger charge is -2.21. The van der Waals surface area contributed by atoms with Crippen molar-refractivity contribution in [3.63, 3.8) is 0 Å². The highest BCUT2D eigenvalue weighted by Gasteiger charge is 2.32. The Morgan fingerprint density at radius 2 is 2.08 bits per heavy atom. The van der Waals surface area contributed by atoms with Crippen molar-refractivity contribution in [2.75, 3.05) is 44.0 Å². The second-order valence-corrected chi connectivity index (χ2v) is 7.68. The van der Waals surface area contributed by atoms with E-state index >= 15 is 0 Å². The van der Waals surface area contributed by atoms with Crippen molar-refractivity contribution < 1.29 is 22.7 Å². The Morgan fingerprint density at radius 1 is 1.33 bits per heavy atom. The smallest absolute Gasteiger partial charge is 0.251 e. The number of carbonyl (C=O) groups excluding carboxylic acids is 1. The molecule has 0 aromatic heterocycles. The first-order valence-electron chi connectivity index (χ1n) is 7.82. The number of methoxy groups -OCH3 is 1. The van der Waals surface area contributed by atoms with Crippen LogP contribution in [0.15, 0.2) is 18.2 Å². The summed E-state index contributed by atoms with van der Waals surface area (Å²) in [5.41, 5.74) is 2.05. The van der Waals surface area contributed by atoms with Gasteiger partial charge in [0.25, 0.3) is 5.91 Å². The Bertz CT molecular complexity index is 690. The third-order valence-corrected chi connectivity index (χ3v) is 5.09. The van der Waals surface area contributed by atoms with Crippen LogP contribution in [0, 0.1) is 0 Å². The SMILES string of the molecule is COCCOCCNC(=O)c1ccc2c(c1)CC(C)N2S(C)(=O)=O. The minimum absolute atomic E-state index is 0.137. The van der Waals surface area contributed by atoms with E-state index in [-0.39, 0.29) is 11.9 Å². The first-order valence-corrected chi connectivity index (χ1v) is 9.66. The molecule has 0 fully saturated rings. The number of ether oxygens (including phenoxy) is 2. The molecule has 8 heteroatoms. The summed E-state index contributed by atoms with van der Waals surface area (Å²) in [7, 11) is -1.72. The Labute approximate surface area is 143 Å². The lowest BCUT2D eigenvalue weighted by Crippen LogP contribution is -2.34. The van der Waals surface area contributed by atoms with Gasteiger partial charge in [-0.05, 0) is 37.1 Å². The lowest BCUT2D eigenvalue weighted by molar-refractivity contribution is 0.0692. The van der Waals surface area contributed by atoms with E-state index in [0.717, 1.165) is 5.56 Å². The Hall–Kier alpha value is -1.64. The van der Waals surface area contributed by atoms with Gasteiger partial charge in [-0.15, -0.1) is 0 Å². The van der Waals surface area contributed by atoms with Crippen LogP contribution in [0.2, 0.25) is 0 Å². The molecular formula is C16H24N2O5S. The first kappa shape index (κ1) is 18.7. The summed E-state index contributed by atoms with van der Waals surface area (Å²) in [5.74, 6) is -0.196. The van der Waals surface area contributed by atoms with E-state index in [1.807, 2.05) is 6.92 Å². The van der Waals surface area contributed by atoms with Gasteiger partial charge < -0.3 is 14.8 Å². The van der Waals surface area contributed by atoms with Crippen LogP contribution in [0.1, 0.15) is 22.8 Å². The van der Waals surface area contributed by atoms with Crippen molar-refractivity contribution in [2.24, 2.45) is 0 Å². The fourth-order valence-electron chi connectivity index (χ4n) is 2.83. The summed E-state index contributed by atoms with van der Waals surface area (Å²) in [6.45, 7) is 3.70.